The molecule has 1 fully saturated rings. The van der Waals surface area contributed by atoms with Crippen LogP contribution in [0.2, 0.25) is 0 Å². The van der Waals surface area contributed by atoms with E-state index in [4.69, 9.17) is 4.74 Å². The normalized spacial score (nSPS) is 21.6. The van der Waals surface area contributed by atoms with Gasteiger partial charge >= 0.3 is 0 Å². The molecule has 1 amide bonds. The SMILES string of the molecule is CCNC1COCC1C(=O)Nc1cnc2ccccc2c1. The number of aromatic nitrogens is 1. The lowest BCUT2D eigenvalue weighted by molar-refractivity contribution is -0.120. The quantitative estimate of drug-likeness (QED) is 0.899. The van der Waals surface area contributed by atoms with Gasteiger partial charge in [-0.2, -0.15) is 0 Å². The number of para-hydroxylation sites is 1. The van der Waals surface area contributed by atoms with Crippen LogP contribution in [0.15, 0.2) is 36.5 Å². The molecule has 110 valence electrons. The summed E-state index contributed by atoms with van der Waals surface area (Å²) in [5.41, 5.74) is 1.64. The zero-order valence-corrected chi connectivity index (χ0v) is 12.0. The van der Waals surface area contributed by atoms with Crippen LogP contribution in [0.4, 0.5) is 5.69 Å². The Hall–Kier alpha value is -1.98. The van der Waals surface area contributed by atoms with E-state index in [2.05, 4.69) is 15.6 Å². The first kappa shape index (κ1) is 14.0. The predicted molar refractivity (Wildman–Crippen MR) is 82.1 cm³/mol. The molecule has 5 heteroatoms. The Morgan fingerprint density at radius 2 is 2.24 bits per heavy atom. The molecule has 2 aromatic rings. The highest BCUT2D eigenvalue weighted by Crippen LogP contribution is 2.19. The van der Waals surface area contributed by atoms with Crippen molar-refractivity contribution in [1.82, 2.24) is 10.3 Å². The molecule has 0 spiro atoms. The number of rotatable bonds is 4. The highest BCUT2D eigenvalue weighted by Gasteiger charge is 2.33. The number of nitrogens with zero attached hydrogens (tertiary/aromatic N) is 1. The third-order valence-electron chi connectivity index (χ3n) is 3.74. The number of likely N-dealkylation sites (N-methyl/N-ethyl adjacent to an activating group) is 1. The third-order valence-corrected chi connectivity index (χ3v) is 3.74. The third kappa shape index (κ3) is 3.04. The second-order valence-corrected chi connectivity index (χ2v) is 5.21. The van der Waals surface area contributed by atoms with Gasteiger partial charge in [0.05, 0.1) is 36.5 Å². The van der Waals surface area contributed by atoms with Crippen LogP contribution in [0.25, 0.3) is 10.9 Å². The van der Waals surface area contributed by atoms with E-state index in [9.17, 15) is 4.79 Å². The molecule has 1 saturated heterocycles. The topological polar surface area (TPSA) is 63.2 Å². The van der Waals surface area contributed by atoms with Gasteiger partial charge < -0.3 is 15.4 Å². The minimum Gasteiger partial charge on any atom is -0.379 e. The van der Waals surface area contributed by atoms with Gasteiger partial charge in [0.1, 0.15) is 0 Å². The number of nitrogens with one attached hydrogen (secondary N) is 2. The molecule has 3 rings (SSSR count). The molecule has 0 aliphatic carbocycles. The fraction of sp³-hybridized carbons (Fsp3) is 0.375. The maximum atomic E-state index is 12.4. The molecule has 2 heterocycles. The number of ether oxygens (including phenoxy) is 1. The summed E-state index contributed by atoms with van der Waals surface area (Å²) in [6.45, 7) is 3.91. The number of carbonyl (C=O) groups excluding carboxylic acids is 1. The van der Waals surface area contributed by atoms with Crippen LogP contribution in [-0.2, 0) is 9.53 Å². The first-order chi connectivity index (χ1) is 10.3. The van der Waals surface area contributed by atoms with Gasteiger partial charge in [0.15, 0.2) is 0 Å². The smallest absolute Gasteiger partial charge is 0.231 e. The number of hydrogen-bond donors (Lipinski definition) is 2. The summed E-state index contributed by atoms with van der Waals surface area (Å²) in [6, 6.07) is 9.87. The fourth-order valence-electron chi connectivity index (χ4n) is 2.65. The van der Waals surface area contributed by atoms with E-state index in [1.54, 1.807) is 6.20 Å². The van der Waals surface area contributed by atoms with Crippen molar-refractivity contribution in [2.45, 2.75) is 13.0 Å². The second kappa shape index (κ2) is 6.20. The average molecular weight is 285 g/mol. The number of amides is 1. The van der Waals surface area contributed by atoms with Crippen LogP contribution in [0.5, 0.6) is 0 Å². The molecule has 5 nitrogen and oxygen atoms in total. The van der Waals surface area contributed by atoms with Crippen LogP contribution in [-0.4, -0.2) is 36.7 Å². The molecular weight excluding hydrogens is 266 g/mol. The monoisotopic (exact) mass is 285 g/mol. The van der Waals surface area contributed by atoms with Crippen LogP contribution in [0.3, 0.4) is 0 Å². The van der Waals surface area contributed by atoms with Crippen molar-refractivity contribution >= 4 is 22.5 Å². The summed E-state index contributed by atoms with van der Waals surface area (Å²) in [4.78, 5) is 16.7. The number of hydrogen-bond acceptors (Lipinski definition) is 4. The molecule has 2 unspecified atom stereocenters. The first-order valence-corrected chi connectivity index (χ1v) is 7.24. The molecule has 0 radical (unpaired) electrons. The molecule has 1 aromatic heterocycles. The average Bonchev–Trinajstić information content (AvgIpc) is 2.96. The Morgan fingerprint density at radius 3 is 3.10 bits per heavy atom. The first-order valence-electron chi connectivity index (χ1n) is 7.24. The summed E-state index contributed by atoms with van der Waals surface area (Å²) in [6.07, 6.45) is 1.69. The van der Waals surface area contributed by atoms with Crippen molar-refractivity contribution in [2.75, 3.05) is 25.1 Å². The van der Waals surface area contributed by atoms with Crippen LogP contribution >= 0.6 is 0 Å². The maximum absolute atomic E-state index is 12.4. The predicted octanol–water partition coefficient (Wildman–Crippen LogP) is 1.80. The van der Waals surface area contributed by atoms with Gasteiger partial charge in [0, 0.05) is 11.4 Å². The lowest BCUT2D eigenvalue weighted by atomic mass is 10.0. The molecule has 0 saturated carbocycles. The number of fused-ring (bicyclic) bond motifs is 1. The number of carbonyl (C=O) groups is 1. The number of anilines is 1. The van der Waals surface area contributed by atoms with E-state index in [1.165, 1.54) is 0 Å². The second-order valence-electron chi connectivity index (χ2n) is 5.21. The Bertz CT molecular complexity index is 644. The van der Waals surface area contributed by atoms with Gasteiger partial charge in [-0.25, -0.2) is 0 Å². The maximum Gasteiger partial charge on any atom is 0.231 e. The summed E-state index contributed by atoms with van der Waals surface area (Å²) in [5.74, 6) is -0.174. The minimum absolute atomic E-state index is 0.0180. The van der Waals surface area contributed by atoms with E-state index in [0.717, 1.165) is 23.1 Å². The zero-order chi connectivity index (χ0) is 14.7. The molecule has 0 bridgehead atoms. The summed E-state index contributed by atoms with van der Waals surface area (Å²) in [7, 11) is 0. The van der Waals surface area contributed by atoms with E-state index >= 15 is 0 Å². The van der Waals surface area contributed by atoms with Crippen molar-refractivity contribution in [2.24, 2.45) is 5.92 Å². The largest absolute Gasteiger partial charge is 0.379 e. The molecule has 1 aliphatic heterocycles. The minimum atomic E-state index is -0.156. The highest BCUT2D eigenvalue weighted by atomic mass is 16.5. The van der Waals surface area contributed by atoms with Gasteiger partial charge in [-0.3, -0.25) is 9.78 Å². The van der Waals surface area contributed by atoms with Crippen LogP contribution in [0.1, 0.15) is 6.92 Å². The standard InChI is InChI=1S/C16H19N3O2/c1-2-17-15-10-21-9-13(15)16(20)19-12-7-11-5-3-4-6-14(11)18-8-12/h3-8,13,15,17H,2,9-10H2,1H3,(H,19,20). The Labute approximate surface area is 123 Å². The molecule has 2 atom stereocenters. The summed E-state index contributed by atoms with van der Waals surface area (Å²) < 4.78 is 5.41. The van der Waals surface area contributed by atoms with Gasteiger partial charge in [0.2, 0.25) is 5.91 Å². The van der Waals surface area contributed by atoms with Gasteiger partial charge in [-0.15, -0.1) is 0 Å². The van der Waals surface area contributed by atoms with Crippen LogP contribution in [0, 0.1) is 5.92 Å². The van der Waals surface area contributed by atoms with E-state index in [1.807, 2.05) is 37.3 Å². The highest BCUT2D eigenvalue weighted by molar-refractivity contribution is 5.95. The molecule has 21 heavy (non-hydrogen) atoms. The number of pyridine rings is 1. The van der Waals surface area contributed by atoms with Crippen molar-refractivity contribution in [1.29, 1.82) is 0 Å². The molecule has 2 N–H and O–H groups in total. The molecule has 1 aliphatic rings. The van der Waals surface area contributed by atoms with Gasteiger partial charge in [0.25, 0.3) is 0 Å². The van der Waals surface area contributed by atoms with Crippen molar-refractivity contribution in [3.05, 3.63) is 36.5 Å². The zero-order valence-electron chi connectivity index (χ0n) is 12.0. The molecular formula is C16H19N3O2. The lowest BCUT2D eigenvalue weighted by Gasteiger charge is -2.17. The van der Waals surface area contributed by atoms with Crippen molar-refractivity contribution in [3.8, 4) is 0 Å². The Morgan fingerprint density at radius 1 is 1.38 bits per heavy atom. The van der Waals surface area contributed by atoms with Crippen LogP contribution < -0.4 is 10.6 Å². The summed E-state index contributed by atoms with van der Waals surface area (Å²) >= 11 is 0. The van der Waals surface area contributed by atoms with E-state index in [0.29, 0.717) is 13.2 Å². The van der Waals surface area contributed by atoms with E-state index in [-0.39, 0.29) is 17.9 Å². The fourth-order valence-corrected chi connectivity index (χ4v) is 2.65. The number of benzene rings is 1. The molecule has 1 aromatic carbocycles. The summed E-state index contributed by atoms with van der Waals surface area (Å²) in [5, 5.41) is 7.25. The van der Waals surface area contributed by atoms with Gasteiger partial charge in [-0.1, -0.05) is 25.1 Å². The Kier molecular flexibility index (Phi) is 4.13. The van der Waals surface area contributed by atoms with Gasteiger partial charge in [-0.05, 0) is 18.7 Å². The van der Waals surface area contributed by atoms with E-state index < -0.39 is 0 Å². The lowest BCUT2D eigenvalue weighted by Crippen LogP contribution is -2.41. The van der Waals surface area contributed by atoms with Crippen molar-refractivity contribution in [3.63, 3.8) is 0 Å². The Balaban J connectivity index is 1.73. The van der Waals surface area contributed by atoms with Crippen molar-refractivity contribution < 1.29 is 9.53 Å².